The highest BCUT2D eigenvalue weighted by Crippen LogP contribution is 2.31. The molecule has 0 aliphatic rings. The quantitative estimate of drug-likeness (QED) is 0.576. The molecule has 0 aliphatic carbocycles. The van der Waals surface area contributed by atoms with Crippen LogP contribution in [0, 0.1) is 6.92 Å². The molecule has 1 aromatic heterocycles. The van der Waals surface area contributed by atoms with Gasteiger partial charge in [-0.3, -0.25) is 0 Å². The number of hydrogen-bond donors (Lipinski definition) is 2. The van der Waals surface area contributed by atoms with E-state index in [1.54, 1.807) is 12.1 Å². The maximum absolute atomic E-state index is 11.4. The fourth-order valence-electron chi connectivity index (χ4n) is 1.72. The van der Waals surface area contributed by atoms with E-state index in [0.29, 0.717) is 16.6 Å². The average Bonchev–Trinajstić information content (AvgIpc) is 2.32. The van der Waals surface area contributed by atoms with Gasteiger partial charge in [0.15, 0.2) is 5.69 Å². The number of fused-ring (bicyclic) bond motifs is 1. The van der Waals surface area contributed by atoms with E-state index < -0.39 is 5.97 Å². The number of anilines is 1. The van der Waals surface area contributed by atoms with Crippen molar-refractivity contribution in [3.63, 3.8) is 0 Å². The lowest BCUT2D eigenvalue weighted by atomic mass is 10.1. The van der Waals surface area contributed by atoms with Crippen molar-refractivity contribution in [1.29, 1.82) is 0 Å². The summed E-state index contributed by atoms with van der Waals surface area (Å²) < 4.78 is 4.56. The molecule has 0 unspecified atom stereocenters. The van der Waals surface area contributed by atoms with E-state index in [0.717, 1.165) is 5.56 Å². The van der Waals surface area contributed by atoms with Crippen molar-refractivity contribution in [2.45, 2.75) is 6.92 Å². The summed E-state index contributed by atoms with van der Waals surface area (Å²) in [6.45, 7) is 1.83. The van der Waals surface area contributed by atoms with Crippen molar-refractivity contribution in [3.8, 4) is 5.75 Å². The standard InChI is InChI=1S/C12H12N2O3/c1-6-3-4-7(13)11-10(6)9(15)5-8(14-11)12(16)17-2/h3-5H,13H2,1-2H3,(H,14,15). The molecule has 0 aliphatic heterocycles. The number of methoxy groups -OCH3 is 1. The Morgan fingerprint density at radius 2 is 2.18 bits per heavy atom. The number of ether oxygens (including phenoxy) is 1. The van der Waals surface area contributed by atoms with Crippen LogP contribution in [-0.4, -0.2) is 23.2 Å². The van der Waals surface area contributed by atoms with Gasteiger partial charge in [-0.15, -0.1) is 0 Å². The number of pyridine rings is 1. The predicted octanol–water partition coefficient (Wildman–Crippen LogP) is 1.62. The third-order valence-electron chi connectivity index (χ3n) is 2.57. The third kappa shape index (κ3) is 1.75. The van der Waals surface area contributed by atoms with Gasteiger partial charge in [-0.2, -0.15) is 0 Å². The minimum atomic E-state index is -0.608. The van der Waals surface area contributed by atoms with Gasteiger partial charge >= 0.3 is 5.97 Å². The molecule has 0 saturated heterocycles. The molecule has 5 nitrogen and oxygen atoms in total. The zero-order chi connectivity index (χ0) is 12.6. The molecule has 88 valence electrons. The number of esters is 1. The molecule has 0 saturated carbocycles. The van der Waals surface area contributed by atoms with Gasteiger partial charge in [-0.25, -0.2) is 9.78 Å². The number of hydrogen-bond acceptors (Lipinski definition) is 5. The zero-order valence-electron chi connectivity index (χ0n) is 9.52. The second kappa shape index (κ2) is 3.93. The molecule has 0 fully saturated rings. The number of rotatable bonds is 1. The maximum Gasteiger partial charge on any atom is 0.356 e. The van der Waals surface area contributed by atoms with Gasteiger partial charge in [0.25, 0.3) is 0 Å². The number of aryl methyl sites for hydroxylation is 1. The molecule has 0 atom stereocenters. The van der Waals surface area contributed by atoms with Gasteiger partial charge < -0.3 is 15.6 Å². The van der Waals surface area contributed by atoms with Crippen molar-refractivity contribution in [3.05, 3.63) is 29.5 Å². The lowest BCUT2D eigenvalue weighted by molar-refractivity contribution is 0.0594. The van der Waals surface area contributed by atoms with E-state index in [1.807, 2.05) is 6.92 Å². The first-order valence-electron chi connectivity index (χ1n) is 5.01. The summed E-state index contributed by atoms with van der Waals surface area (Å²) >= 11 is 0. The molecule has 0 radical (unpaired) electrons. The van der Waals surface area contributed by atoms with Crippen molar-refractivity contribution in [1.82, 2.24) is 4.98 Å². The van der Waals surface area contributed by atoms with Crippen molar-refractivity contribution in [2.75, 3.05) is 12.8 Å². The van der Waals surface area contributed by atoms with Gasteiger partial charge in [0.1, 0.15) is 5.75 Å². The normalized spacial score (nSPS) is 10.5. The minimum Gasteiger partial charge on any atom is -0.507 e. The number of nitrogen functional groups attached to an aromatic ring is 1. The van der Waals surface area contributed by atoms with Crippen LogP contribution in [0.2, 0.25) is 0 Å². The van der Waals surface area contributed by atoms with Crippen LogP contribution in [-0.2, 0) is 4.74 Å². The number of aromatic hydroxyl groups is 1. The second-order valence-electron chi connectivity index (χ2n) is 3.71. The Hall–Kier alpha value is -2.30. The largest absolute Gasteiger partial charge is 0.507 e. The van der Waals surface area contributed by atoms with Crippen LogP contribution in [0.5, 0.6) is 5.75 Å². The van der Waals surface area contributed by atoms with E-state index in [-0.39, 0.29) is 11.4 Å². The summed E-state index contributed by atoms with van der Waals surface area (Å²) in [5.74, 6) is -0.636. The van der Waals surface area contributed by atoms with E-state index in [2.05, 4.69) is 9.72 Å². The Morgan fingerprint density at radius 3 is 2.82 bits per heavy atom. The van der Waals surface area contributed by atoms with Crippen LogP contribution in [0.25, 0.3) is 10.9 Å². The van der Waals surface area contributed by atoms with Crippen LogP contribution in [0.3, 0.4) is 0 Å². The van der Waals surface area contributed by atoms with Crippen molar-refractivity contribution < 1.29 is 14.6 Å². The molecule has 1 aromatic carbocycles. The van der Waals surface area contributed by atoms with Gasteiger partial charge in [-0.05, 0) is 18.6 Å². The van der Waals surface area contributed by atoms with Gasteiger partial charge in [-0.1, -0.05) is 6.07 Å². The average molecular weight is 232 g/mol. The number of nitrogens with zero attached hydrogens (tertiary/aromatic N) is 1. The Labute approximate surface area is 97.8 Å². The van der Waals surface area contributed by atoms with Crippen LogP contribution in [0.1, 0.15) is 16.1 Å². The highest BCUT2D eigenvalue weighted by atomic mass is 16.5. The van der Waals surface area contributed by atoms with Crippen molar-refractivity contribution in [2.24, 2.45) is 0 Å². The summed E-state index contributed by atoms with van der Waals surface area (Å²) in [6.07, 6.45) is 0. The Balaban J connectivity index is 2.82. The molecule has 2 rings (SSSR count). The Morgan fingerprint density at radius 1 is 1.47 bits per heavy atom. The lowest BCUT2D eigenvalue weighted by Gasteiger charge is -2.08. The molecular weight excluding hydrogens is 220 g/mol. The monoisotopic (exact) mass is 232 g/mol. The molecule has 2 aromatic rings. The van der Waals surface area contributed by atoms with Gasteiger partial charge in [0.2, 0.25) is 0 Å². The summed E-state index contributed by atoms with van der Waals surface area (Å²) in [4.78, 5) is 15.5. The van der Waals surface area contributed by atoms with Gasteiger partial charge in [0.05, 0.1) is 18.3 Å². The Kier molecular flexibility index (Phi) is 2.59. The summed E-state index contributed by atoms with van der Waals surface area (Å²) in [5.41, 5.74) is 7.48. The molecule has 3 N–H and O–H groups in total. The fraction of sp³-hybridized carbons (Fsp3) is 0.167. The molecule has 0 spiro atoms. The predicted molar refractivity (Wildman–Crippen MR) is 63.9 cm³/mol. The first-order chi connectivity index (χ1) is 8.04. The van der Waals surface area contributed by atoms with Crippen LogP contribution in [0.4, 0.5) is 5.69 Å². The number of carbonyl (C=O) groups is 1. The van der Waals surface area contributed by atoms with Crippen molar-refractivity contribution >= 4 is 22.6 Å². The summed E-state index contributed by atoms with van der Waals surface area (Å²) in [5, 5.41) is 10.5. The maximum atomic E-state index is 11.4. The van der Waals surface area contributed by atoms with E-state index >= 15 is 0 Å². The molecular formula is C12H12N2O3. The fourth-order valence-corrected chi connectivity index (χ4v) is 1.72. The first-order valence-corrected chi connectivity index (χ1v) is 5.01. The third-order valence-corrected chi connectivity index (χ3v) is 2.57. The van der Waals surface area contributed by atoms with Crippen LogP contribution < -0.4 is 5.73 Å². The SMILES string of the molecule is COC(=O)c1cc(O)c2c(C)ccc(N)c2n1. The summed E-state index contributed by atoms with van der Waals surface area (Å²) in [6, 6.07) is 4.75. The first kappa shape index (κ1) is 11.2. The zero-order valence-corrected chi connectivity index (χ0v) is 9.52. The van der Waals surface area contributed by atoms with E-state index in [4.69, 9.17) is 5.73 Å². The molecule has 1 heterocycles. The minimum absolute atomic E-state index is 0.0276. The summed E-state index contributed by atoms with van der Waals surface area (Å²) in [7, 11) is 1.25. The number of aromatic nitrogens is 1. The van der Waals surface area contributed by atoms with Crippen LogP contribution in [0.15, 0.2) is 18.2 Å². The number of benzene rings is 1. The smallest absolute Gasteiger partial charge is 0.356 e. The van der Waals surface area contributed by atoms with Crippen LogP contribution >= 0.6 is 0 Å². The second-order valence-corrected chi connectivity index (χ2v) is 3.71. The van der Waals surface area contributed by atoms with E-state index in [9.17, 15) is 9.90 Å². The molecule has 5 heteroatoms. The molecule has 17 heavy (non-hydrogen) atoms. The number of carbonyl (C=O) groups excluding carboxylic acids is 1. The molecule has 0 amide bonds. The molecule has 0 bridgehead atoms. The lowest BCUT2D eigenvalue weighted by Crippen LogP contribution is -2.05. The number of nitrogens with two attached hydrogens (primary N) is 1. The van der Waals surface area contributed by atoms with Gasteiger partial charge in [0, 0.05) is 11.5 Å². The highest BCUT2D eigenvalue weighted by molar-refractivity contribution is 5.99. The van der Waals surface area contributed by atoms with E-state index in [1.165, 1.54) is 13.2 Å². The highest BCUT2D eigenvalue weighted by Gasteiger charge is 2.14. The Bertz CT molecular complexity index is 608. The topological polar surface area (TPSA) is 85.4 Å².